The number of anilines is 1. The average Bonchev–Trinajstić information content (AvgIpc) is 2.99. The number of benzene rings is 1. The highest BCUT2D eigenvalue weighted by Crippen LogP contribution is 2.31. The number of nitrogens with zero attached hydrogens (tertiary/aromatic N) is 1. The van der Waals surface area contributed by atoms with Gasteiger partial charge in [-0.05, 0) is 43.5 Å². The molecule has 1 amide bonds. The molecule has 0 unspecified atom stereocenters. The Morgan fingerprint density at radius 1 is 1.36 bits per heavy atom. The predicted molar refractivity (Wildman–Crippen MR) is 93.4 cm³/mol. The third-order valence-corrected chi connectivity index (χ3v) is 5.67. The summed E-state index contributed by atoms with van der Waals surface area (Å²) in [7, 11) is 0. The molecule has 0 aliphatic carbocycles. The van der Waals surface area contributed by atoms with E-state index >= 15 is 0 Å². The van der Waals surface area contributed by atoms with Crippen molar-refractivity contribution in [1.82, 2.24) is 10.3 Å². The number of hydrogen-bond donors (Lipinski definition) is 2. The first-order chi connectivity index (χ1) is 10.7. The van der Waals surface area contributed by atoms with Crippen LogP contribution in [0.2, 0.25) is 0 Å². The number of carbonyl (C=O) groups excluding carboxylic acids is 1. The highest BCUT2D eigenvalue weighted by Gasteiger charge is 2.18. The summed E-state index contributed by atoms with van der Waals surface area (Å²) in [6.07, 6.45) is 4.55. The van der Waals surface area contributed by atoms with Crippen LogP contribution in [0.1, 0.15) is 29.2 Å². The first-order valence-corrected chi connectivity index (χ1v) is 9.03. The van der Waals surface area contributed by atoms with Crippen molar-refractivity contribution in [3.63, 3.8) is 0 Å². The number of nitrogens with one attached hydrogen (secondary N) is 2. The second-order valence-electron chi connectivity index (χ2n) is 5.41. The summed E-state index contributed by atoms with van der Waals surface area (Å²) in [5.41, 5.74) is 0.982. The van der Waals surface area contributed by atoms with Crippen molar-refractivity contribution in [3.8, 4) is 0 Å². The zero-order valence-electron chi connectivity index (χ0n) is 12.1. The number of halogens is 1. The standard InChI is InChI=1S/C16H18BrN3OS/c17-13-4-2-1-3-12(13)9-15(21)20-16-19-10-14(22-16)11-5-7-18-8-6-11/h1-4,10-11,18H,5-9H2,(H,19,20,21). The molecule has 0 radical (unpaired) electrons. The van der Waals surface area contributed by atoms with Crippen LogP contribution < -0.4 is 10.6 Å². The molecule has 2 N–H and O–H groups in total. The Kier molecular flexibility index (Phi) is 5.23. The smallest absolute Gasteiger partial charge is 0.230 e. The van der Waals surface area contributed by atoms with Crippen molar-refractivity contribution in [2.45, 2.75) is 25.2 Å². The van der Waals surface area contributed by atoms with E-state index in [9.17, 15) is 4.79 Å². The predicted octanol–water partition coefficient (Wildman–Crippen LogP) is 3.55. The number of amides is 1. The highest BCUT2D eigenvalue weighted by atomic mass is 79.9. The summed E-state index contributed by atoms with van der Waals surface area (Å²) in [5, 5.41) is 6.97. The number of thiazole rings is 1. The number of hydrogen-bond acceptors (Lipinski definition) is 4. The molecule has 2 aromatic rings. The van der Waals surface area contributed by atoms with Crippen LogP contribution in [0.4, 0.5) is 5.13 Å². The Morgan fingerprint density at radius 3 is 2.91 bits per heavy atom. The van der Waals surface area contributed by atoms with Gasteiger partial charge in [0, 0.05) is 15.5 Å². The Balaban J connectivity index is 1.60. The van der Waals surface area contributed by atoms with Crippen LogP contribution in [0, 0.1) is 0 Å². The molecular formula is C16H18BrN3OS. The van der Waals surface area contributed by atoms with Gasteiger partial charge in [0.1, 0.15) is 0 Å². The topological polar surface area (TPSA) is 54.0 Å². The second-order valence-corrected chi connectivity index (χ2v) is 7.32. The van der Waals surface area contributed by atoms with Gasteiger partial charge in [-0.1, -0.05) is 34.1 Å². The van der Waals surface area contributed by atoms with Gasteiger partial charge in [0.05, 0.1) is 6.42 Å². The maximum atomic E-state index is 12.1. The SMILES string of the molecule is O=C(Cc1ccccc1Br)Nc1ncc(C2CCNCC2)s1. The van der Waals surface area contributed by atoms with Gasteiger partial charge in [-0.2, -0.15) is 0 Å². The molecule has 1 aliphatic heterocycles. The van der Waals surface area contributed by atoms with Gasteiger partial charge < -0.3 is 10.6 Å². The van der Waals surface area contributed by atoms with Crippen LogP contribution in [0.3, 0.4) is 0 Å². The highest BCUT2D eigenvalue weighted by molar-refractivity contribution is 9.10. The zero-order valence-corrected chi connectivity index (χ0v) is 14.5. The molecule has 116 valence electrons. The summed E-state index contributed by atoms with van der Waals surface area (Å²) in [5.74, 6) is 0.547. The average molecular weight is 380 g/mol. The van der Waals surface area contributed by atoms with E-state index in [2.05, 4.69) is 31.5 Å². The van der Waals surface area contributed by atoms with Gasteiger partial charge in [0.15, 0.2) is 5.13 Å². The lowest BCUT2D eigenvalue weighted by Crippen LogP contribution is -2.26. The van der Waals surface area contributed by atoms with Crippen LogP contribution >= 0.6 is 27.3 Å². The summed E-state index contributed by atoms with van der Waals surface area (Å²) in [4.78, 5) is 17.8. The van der Waals surface area contributed by atoms with Crippen LogP contribution in [0.5, 0.6) is 0 Å². The minimum atomic E-state index is -0.0295. The normalized spacial score (nSPS) is 15.7. The number of carbonyl (C=O) groups is 1. The van der Waals surface area contributed by atoms with Gasteiger partial charge in [-0.3, -0.25) is 4.79 Å². The summed E-state index contributed by atoms with van der Waals surface area (Å²) >= 11 is 5.07. The van der Waals surface area contributed by atoms with Crippen molar-refractivity contribution in [1.29, 1.82) is 0 Å². The lowest BCUT2D eigenvalue weighted by atomic mass is 9.97. The molecule has 0 bridgehead atoms. The van der Waals surface area contributed by atoms with E-state index in [1.54, 1.807) is 11.3 Å². The Bertz CT molecular complexity index is 652. The summed E-state index contributed by atoms with van der Waals surface area (Å²) < 4.78 is 0.958. The molecule has 6 heteroatoms. The minimum Gasteiger partial charge on any atom is -0.317 e. The van der Waals surface area contributed by atoms with Crippen molar-refractivity contribution < 1.29 is 4.79 Å². The maximum absolute atomic E-state index is 12.1. The van der Waals surface area contributed by atoms with E-state index in [4.69, 9.17) is 0 Å². The molecule has 0 atom stereocenters. The van der Waals surface area contributed by atoms with Crippen molar-refractivity contribution in [2.75, 3.05) is 18.4 Å². The molecule has 0 saturated carbocycles. The molecule has 1 aromatic heterocycles. The fourth-order valence-electron chi connectivity index (χ4n) is 2.62. The van der Waals surface area contributed by atoms with Gasteiger partial charge in [-0.15, -0.1) is 11.3 Å². The Morgan fingerprint density at radius 2 is 2.14 bits per heavy atom. The molecule has 1 fully saturated rings. The number of aromatic nitrogens is 1. The third kappa shape index (κ3) is 3.94. The fraction of sp³-hybridized carbons (Fsp3) is 0.375. The van der Waals surface area contributed by atoms with Gasteiger partial charge in [-0.25, -0.2) is 4.98 Å². The van der Waals surface area contributed by atoms with Crippen LogP contribution in [0.15, 0.2) is 34.9 Å². The van der Waals surface area contributed by atoms with Gasteiger partial charge in [0.2, 0.25) is 5.91 Å². The van der Waals surface area contributed by atoms with E-state index in [0.29, 0.717) is 17.5 Å². The largest absolute Gasteiger partial charge is 0.317 e. The van der Waals surface area contributed by atoms with Crippen LogP contribution in [-0.2, 0) is 11.2 Å². The van der Waals surface area contributed by atoms with Crippen molar-refractivity contribution >= 4 is 38.3 Å². The van der Waals surface area contributed by atoms with E-state index in [-0.39, 0.29) is 5.91 Å². The summed E-state index contributed by atoms with van der Waals surface area (Å²) in [6.45, 7) is 2.12. The molecule has 1 aromatic carbocycles. The van der Waals surface area contributed by atoms with E-state index < -0.39 is 0 Å². The third-order valence-electron chi connectivity index (χ3n) is 3.82. The molecule has 4 nitrogen and oxygen atoms in total. The van der Waals surface area contributed by atoms with E-state index in [1.807, 2.05) is 30.5 Å². The van der Waals surface area contributed by atoms with E-state index in [0.717, 1.165) is 36.0 Å². The molecule has 1 saturated heterocycles. The molecule has 22 heavy (non-hydrogen) atoms. The quantitative estimate of drug-likeness (QED) is 0.853. The Labute approximate surface area is 142 Å². The van der Waals surface area contributed by atoms with Crippen molar-refractivity contribution in [3.05, 3.63) is 45.4 Å². The van der Waals surface area contributed by atoms with Crippen LogP contribution in [-0.4, -0.2) is 24.0 Å². The molecule has 3 rings (SSSR count). The molecule has 2 heterocycles. The first kappa shape index (κ1) is 15.6. The fourth-order valence-corrected chi connectivity index (χ4v) is 4.04. The Hall–Kier alpha value is -1.24. The van der Waals surface area contributed by atoms with Crippen LogP contribution in [0.25, 0.3) is 0 Å². The lowest BCUT2D eigenvalue weighted by Gasteiger charge is -2.20. The van der Waals surface area contributed by atoms with Gasteiger partial charge >= 0.3 is 0 Å². The monoisotopic (exact) mass is 379 g/mol. The maximum Gasteiger partial charge on any atom is 0.230 e. The zero-order chi connectivity index (χ0) is 15.4. The van der Waals surface area contributed by atoms with E-state index in [1.165, 1.54) is 4.88 Å². The number of piperidine rings is 1. The molecule has 0 spiro atoms. The molecular weight excluding hydrogens is 362 g/mol. The lowest BCUT2D eigenvalue weighted by molar-refractivity contribution is -0.115. The van der Waals surface area contributed by atoms with Crippen molar-refractivity contribution in [2.24, 2.45) is 0 Å². The summed E-state index contributed by atoms with van der Waals surface area (Å²) in [6, 6.07) is 7.77. The molecule has 1 aliphatic rings. The first-order valence-electron chi connectivity index (χ1n) is 7.42. The van der Waals surface area contributed by atoms with Gasteiger partial charge in [0.25, 0.3) is 0 Å². The minimum absolute atomic E-state index is 0.0295. The second kappa shape index (κ2) is 7.35. The number of rotatable bonds is 4.